The molecule has 3 atom stereocenters. The van der Waals surface area contributed by atoms with Crippen LogP contribution in [-0.4, -0.2) is 40.7 Å². The predicted molar refractivity (Wildman–Crippen MR) is 73.4 cm³/mol. The molecule has 0 aromatic heterocycles. The lowest BCUT2D eigenvalue weighted by Crippen LogP contribution is -2.67. The zero-order valence-electron chi connectivity index (χ0n) is 12.3. The first-order valence-corrected chi connectivity index (χ1v) is 7.16. The minimum Gasteiger partial charge on any atom is -0.327 e. The zero-order valence-corrected chi connectivity index (χ0v) is 12.3. The molecule has 3 unspecified atom stereocenters. The van der Waals surface area contributed by atoms with Crippen molar-refractivity contribution in [2.75, 3.05) is 6.54 Å². The first kappa shape index (κ1) is 15.0. The second kappa shape index (κ2) is 5.16. The summed E-state index contributed by atoms with van der Waals surface area (Å²) in [6.45, 7) is 5.26. The van der Waals surface area contributed by atoms with Crippen LogP contribution in [0, 0.1) is 11.8 Å². The van der Waals surface area contributed by atoms with E-state index in [2.05, 4.69) is 5.32 Å². The van der Waals surface area contributed by atoms with Crippen LogP contribution in [0.25, 0.3) is 0 Å². The average Bonchev–Trinajstić information content (AvgIpc) is 2.33. The van der Waals surface area contributed by atoms with E-state index in [1.165, 1.54) is 4.90 Å². The molecule has 0 radical (unpaired) electrons. The van der Waals surface area contributed by atoms with Gasteiger partial charge >= 0.3 is 0 Å². The molecule has 6 nitrogen and oxygen atoms in total. The minimum atomic E-state index is -1.01. The van der Waals surface area contributed by atoms with Gasteiger partial charge < -0.3 is 10.6 Å². The van der Waals surface area contributed by atoms with Crippen LogP contribution >= 0.6 is 0 Å². The normalized spacial score (nSPS) is 33.8. The summed E-state index contributed by atoms with van der Waals surface area (Å²) in [4.78, 5) is 37.7. The molecule has 0 aromatic rings. The maximum Gasteiger partial charge on any atom is 0.252 e. The van der Waals surface area contributed by atoms with Gasteiger partial charge in [-0.3, -0.25) is 19.7 Å². The smallest absolute Gasteiger partial charge is 0.252 e. The average molecular weight is 281 g/mol. The highest BCUT2D eigenvalue weighted by molar-refractivity contribution is 6.06. The minimum absolute atomic E-state index is 0.0759. The number of hydrogen-bond acceptors (Lipinski definition) is 4. The summed E-state index contributed by atoms with van der Waals surface area (Å²) >= 11 is 0. The monoisotopic (exact) mass is 281 g/mol. The zero-order chi connectivity index (χ0) is 15.1. The van der Waals surface area contributed by atoms with Crippen molar-refractivity contribution in [3.05, 3.63) is 0 Å². The van der Waals surface area contributed by atoms with Crippen LogP contribution in [0.15, 0.2) is 0 Å². The number of carbonyl (C=O) groups excluding carboxylic acids is 3. The largest absolute Gasteiger partial charge is 0.327 e. The van der Waals surface area contributed by atoms with E-state index in [-0.39, 0.29) is 30.3 Å². The summed E-state index contributed by atoms with van der Waals surface area (Å²) < 4.78 is 0. The number of carbonyl (C=O) groups is 3. The molecule has 1 aliphatic carbocycles. The Labute approximate surface area is 119 Å². The number of amides is 3. The third kappa shape index (κ3) is 2.44. The highest BCUT2D eigenvalue weighted by Crippen LogP contribution is 2.32. The number of imide groups is 1. The molecule has 3 amide bonds. The Morgan fingerprint density at radius 2 is 2.00 bits per heavy atom. The van der Waals surface area contributed by atoms with Gasteiger partial charge in [0, 0.05) is 6.04 Å². The fourth-order valence-corrected chi connectivity index (χ4v) is 3.20. The van der Waals surface area contributed by atoms with Crippen molar-refractivity contribution in [3.63, 3.8) is 0 Å². The highest BCUT2D eigenvalue weighted by Gasteiger charge is 2.47. The molecule has 2 aliphatic rings. The summed E-state index contributed by atoms with van der Waals surface area (Å²) in [5.74, 6) is -1.15. The first-order valence-electron chi connectivity index (χ1n) is 7.16. The highest BCUT2D eigenvalue weighted by atomic mass is 16.2. The van der Waals surface area contributed by atoms with Gasteiger partial charge in [0.1, 0.15) is 12.1 Å². The molecule has 2 rings (SSSR count). The summed E-state index contributed by atoms with van der Waals surface area (Å²) in [6, 6.07) is -0.192. The van der Waals surface area contributed by atoms with E-state index in [4.69, 9.17) is 5.73 Å². The molecule has 1 heterocycles. The number of nitrogens with two attached hydrogens (primary N) is 1. The Kier molecular flexibility index (Phi) is 3.86. The predicted octanol–water partition coefficient (Wildman–Crippen LogP) is 0.0135. The van der Waals surface area contributed by atoms with Gasteiger partial charge in [-0.15, -0.1) is 0 Å². The molecule has 0 spiro atoms. The number of hydrogen-bond donors (Lipinski definition) is 2. The van der Waals surface area contributed by atoms with E-state index in [9.17, 15) is 14.4 Å². The third-order valence-electron chi connectivity index (χ3n) is 4.61. The standard InChI is InChI=1S/C14H23N3O3/c1-8-5-4-6-9(15)11(8)12(19)17-7-10(18)16-13(20)14(17,2)3/h8-9,11H,4-7,15H2,1-3H3,(H,16,18,20). The van der Waals surface area contributed by atoms with Crippen molar-refractivity contribution in [2.24, 2.45) is 17.6 Å². The number of rotatable bonds is 1. The number of nitrogens with zero attached hydrogens (tertiary/aromatic N) is 1. The molecule has 2 fully saturated rings. The van der Waals surface area contributed by atoms with E-state index in [0.717, 1.165) is 19.3 Å². The van der Waals surface area contributed by atoms with Crippen LogP contribution in [0.4, 0.5) is 0 Å². The first-order chi connectivity index (χ1) is 9.25. The van der Waals surface area contributed by atoms with Crippen molar-refractivity contribution in [1.82, 2.24) is 10.2 Å². The third-order valence-corrected chi connectivity index (χ3v) is 4.61. The van der Waals surface area contributed by atoms with E-state index < -0.39 is 17.4 Å². The van der Waals surface area contributed by atoms with E-state index in [0.29, 0.717) is 0 Å². The molecular weight excluding hydrogens is 258 g/mol. The molecular formula is C14H23N3O3. The number of nitrogens with one attached hydrogen (secondary N) is 1. The molecule has 112 valence electrons. The fourth-order valence-electron chi connectivity index (χ4n) is 3.20. The number of piperazine rings is 1. The van der Waals surface area contributed by atoms with Gasteiger partial charge in [0.2, 0.25) is 11.8 Å². The maximum atomic E-state index is 12.8. The van der Waals surface area contributed by atoms with E-state index >= 15 is 0 Å². The summed E-state index contributed by atoms with van der Waals surface area (Å²) in [5, 5.41) is 2.28. The van der Waals surface area contributed by atoms with E-state index in [1.54, 1.807) is 13.8 Å². The van der Waals surface area contributed by atoms with Crippen LogP contribution in [0.5, 0.6) is 0 Å². The summed E-state index contributed by atoms with van der Waals surface area (Å²) in [5.41, 5.74) is 5.09. The van der Waals surface area contributed by atoms with Crippen molar-refractivity contribution < 1.29 is 14.4 Å². The van der Waals surface area contributed by atoms with Crippen LogP contribution in [0.1, 0.15) is 40.0 Å². The van der Waals surface area contributed by atoms with E-state index in [1.807, 2.05) is 6.92 Å². The fraction of sp³-hybridized carbons (Fsp3) is 0.786. The summed E-state index contributed by atoms with van der Waals surface area (Å²) in [7, 11) is 0. The molecule has 20 heavy (non-hydrogen) atoms. The Hall–Kier alpha value is -1.43. The van der Waals surface area contributed by atoms with Crippen LogP contribution < -0.4 is 11.1 Å². The molecule has 0 aromatic carbocycles. The maximum absolute atomic E-state index is 12.8. The molecule has 1 saturated carbocycles. The molecule has 1 aliphatic heterocycles. The van der Waals surface area contributed by atoms with Crippen LogP contribution in [-0.2, 0) is 14.4 Å². The lowest BCUT2D eigenvalue weighted by Gasteiger charge is -2.44. The van der Waals surface area contributed by atoms with Crippen LogP contribution in [0.2, 0.25) is 0 Å². The Balaban J connectivity index is 2.26. The Bertz CT molecular complexity index is 437. The Morgan fingerprint density at radius 3 is 2.60 bits per heavy atom. The van der Waals surface area contributed by atoms with Gasteiger partial charge in [-0.1, -0.05) is 13.3 Å². The Morgan fingerprint density at radius 1 is 1.35 bits per heavy atom. The van der Waals surface area contributed by atoms with Gasteiger partial charge in [0.15, 0.2) is 0 Å². The topological polar surface area (TPSA) is 92.5 Å². The van der Waals surface area contributed by atoms with Gasteiger partial charge in [0.05, 0.1) is 5.92 Å². The summed E-state index contributed by atoms with van der Waals surface area (Å²) in [6.07, 6.45) is 2.79. The molecule has 3 N–H and O–H groups in total. The van der Waals surface area contributed by atoms with Crippen molar-refractivity contribution in [3.8, 4) is 0 Å². The van der Waals surface area contributed by atoms with Crippen molar-refractivity contribution >= 4 is 17.7 Å². The van der Waals surface area contributed by atoms with Crippen LogP contribution in [0.3, 0.4) is 0 Å². The quantitative estimate of drug-likeness (QED) is 0.662. The second-order valence-electron chi connectivity index (χ2n) is 6.46. The molecule has 6 heteroatoms. The van der Waals surface area contributed by atoms with Gasteiger partial charge in [-0.05, 0) is 32.6 Å². The van der Waals surface area contributed by atoms with Crippen molar-refractivity contribution in [1.29, 1.82) is 0 Å². The SMILES string of the molecule is CC1CCCC(N)C1C(=O)N1CC(=O)NC(=O)C1(C)C. The second-order valence-corrected chi connectivity index (χ2v) is 6.46. The van der Waals surface area contributed by atoms with Gasteiger partial charge in [-0.25, -0.2) is 0 Å². The molecule has 1 saturated heterocycles. The van der Waals surface area contributed by atoms with Crippen molar-refractivity contribution in [2.45, 2.75) is 51.6 Å². The van der Waals surface area contributed by atoms with Gasteiger partial charge in [-0.2, -0.15) is 0 Å². The van der Waals surface area contributed by atoms with Gasteiger partial charge in [0.25, 0.3) is 5.91 Å². The lowest BCUT2D eigenvalue weighted by atomic mass is 9.75. The molecule has 0 bridgehead atoms. The lowest BCUT2D eigenvalue weighted by molar-refractivity contribution is -0.159.